The van der Waals surface area contributed by atoms with E-state index in [1.165, 1.54) is 5.56 Å². The normalized spacial score (nSPS) is 19.2. The quantitative estimate of drug-likeness (QED) is 0.930. The Morgan fingerprint density at radius 3 is 2.00 bits per heavy atom. The molecule has 1 fully saturated rings. The number of nitrogens with one attached hydrogen (secondary N) is 1. The Bertz CT molecular complexity index is 615. The fourth-order valence-corrected chi connectivity index (χ4v) is 4.61. The van der Waals surface area contributed by atoms with Gasteiger partial charge in [-0.25, -0.2) is 13.1 Å². The lowest BCUT2D eigenvalue weighted by atomic mass is 9.95. The van der Waals surface area contributed by atoms with E-state index in [0.717, 1.165) is 41.7 Å². The van der Waals surface area contributed by atoms with Crippen molar-refractivity contribution in [1.82, 2.24) is 4.72 Å². The molecule has 0 aliphatic carbocycles. The summed E-state index contributed by atoms with van der Waals surface area (Å²) < 4.78 is 33.6. The minimum absolute atomic E-state index is 0.00743. The van der Waals surface area contributed by atoms with Crippen LogP contribution in [0, 0.1) is 34.6 Å². The van der Waals surface area contributed by atoms with E-state index in [4.69, 9.17) is 4.74 Å². The van der Waals surface area contributed by atoms with Crippen LogP contribution in [0.2, 0.25) is 0 Å². The smallest absolute Gasteiger partial charge is 0.241 e. The predicted molar refractivity (Wildman–Crippen MR) is 84.3 cm³/mol. The van der Waals surface area contributed by atoms with Crippen molar-refractivity contribution in [3.8, 4) is 0 Å². The molecule has 1 aliphatic heterocycles. The van der Waals surface area contributed by atoms with Crippen molar-refractivity contribution < 1.29 is 13.2 Å². The van der Waals surface area contributed by atoms with Crippen molar-refractivity contribution in [2.24, 2.45) is 0 Å². The second-order valence-corrected chi connectivity index (χ2v) is 7.64. The fourth-order valence-electron chi connectivity index (χ4n) is 2.95. The first kappa shape index (κ1) is 16.5. The lowest BCUT2D eigenvalue weighted by molar-refractivity contribution is 0.114. The van der Waals surface area contributed by atoms with Crippen molar-refractivity contribution in [1.29, 1.82) is 0 Å². The summed E-state index contributed by atoms with van der Waals surface area (Å²) in [6.45, 7) is 10.9. The van der Waals surface area contributed by atoms with Crippen LogP contribution in [0.3, 0.4) is 0 Å². The molecule has 118 valence electrons. The summed E-state index contributed by atoms with van der Waals surface area (Å²) in [5.74, 6) is 0. The van der Waals surface area contributed by atoms with Crippen LogP contribution >= 0.6 is 0 Å². The monoisotopic (exact) mass is 311 g/mol. The fraction of sp³-hybridized carbons (Fsp3) is 0.625. The summed E-state index contributed by atoms with van der Waals surface area (Å²) in [5, 5.41) is 0. The first-order valence-electron chi connectivity index (χ1n) is 7.44. The van der Waals surface area contributed by atoms with Gasteiger partial charge in [0.2, 0.25) is 10.0 Å². The van der Waals surface area contributed by atoms with Crippen LogP contribution in [0.5, 0.6) is 0 Å². The Morgan fingerprint density at radius 1 is 1.00 bits per heavy atom. The molecular formula is C16H25NO3S. The molecule has 0 saturated carbocycles. The Labute approximate surface area is 127 Å². The van der Waals surface area contributed by atoms with Gasteiger partial charge in [0.1, 0.15) is 0 Å². The molecule has 5 heteroatoms. The van der Waals surface area contributed by atoms with Crippen LogP contribution < -0.4 is 4.72 Å². The molecule has 0 bridgehead atoms. The van der Waals surface area contributed by atoms with Crippen molar-refractivity contribution in [2.75, 3.05) is 13.2 Å². The molecule has 1 saturated heterocycles. The third-order valence-electron chi connectivity index (χ3n) is 4.72. The van der Waals surface area contributed by atoms with Gasteiger partial charge in [-0.2, -0.15) is 0 Å². The molecule has 4 nitrogen and oxygen atoms in total. The lowest BCUT2D eigenvalue weighted by Crippen LogP contribution is -2.33. The van der Waals surface area contributed by atoms with Crippen LogP contribution in [-0.4, -0.2) is 27.7 Å². The van der Waals surface area contributed by atoms with Crippen LogP contribution in [0.1, 0.15) is 40.7 Å². The molecule has 0 amide bonds. The summed E-state index contributed by atoms with van der Waals surface area (Å²) in [6, 6.07) is 0. The van der Waals surface area contributed by atoms with Gasteiger partial charge in [-0.3, -0.25) is 0 Å². The van der Waals surface area contributed by atoms with Crippen molar-refractivity contribution in [3.63, 3.8) is 0 Å². The van der Waals surface area contributed by atoms with Gasteiger partial charge in [0.25, 0.3) is 0 Å². The average Bonchev–Trinajstić information content (AvgIpc) is 2.94. The molecule has 21 heavy (non-hydrogen) atoms. The molecule has 0 spiro atoms. The van der Waals surface area contributed by atoms with Crippen LogP contribution in [0.4, 0.5) is 0 Å². The SMILES string of the molecule is Cc1c(C)c(C)c(S(=O)(=O)NCC2CCCO2)c(C)c1C. The van der Waals surface area contributed by atoms with E-state index < -0.39 is 10.0 Å². The summed E-state index contributed by atoms with van der Waals surface area (Å²) in [7, 11) is -3.50. The number of hydrogen-bond donors (Lipinski definition) is 1. The molecule has 0 aromatic heterocycles. The Kier molecular flexibility index (Phi) is 4.76. The maximum atomic E-state index is 12.7. The van der Waals surface area contributed by atoms with Gasteiger partial charge in [0.05, 0.1) is 11.0 Å². The highest BCUT2D eigenvalue weighted by Gasteiger charge is 2.25. The van der Waals surface area contributed by atoms with Crippen LogP contribution in [-0.2, 0) is 14.8 Å². The number of rotatable bonds is 4. The molecule has 2 rings (SSSR count). The molecule has 0 radical (unpaired) electrons. The standard InChI is InChI=1S/C16H25NO3S/c1-10-11(2)13(4)16(14(5)12(10)3)21(18,19)17-9-15-7-6-8-20-15/h15,17H,6-9H2,1-5H3. The van der Waals surface area contributed by atoms with Crippen molar-refractivity contribution in [3.05, 3.63) is 27.8 Å². The molecule has 1 heterocycles. The maximum absolute atomic E-state index is 12.7. The van der Waals surface area contributed by atoms with E-state index in [9.17, 15) is 8.42 Å². The molecular weight excluding hydrogens is 286 g/mol. The Morgan fingerprint density at radius 2 is 1.52 bits per heavy atom. The van der Waals surface area contributed by atoms with E-state index in [0.29, 0.717) is 11.4 Å². The van der Waals surface area contributed by atoms with Gasteiger partial charge < -0.3 is 4.74 Å². The van der Waals surface area contributed by atoms with Crippen LogP contribution in [0.15, 0.2) is 4.90 Å². The molecule has 1 atom stereocenters. The Balaban J connectivity index is 2.35. The highest BCUT2D eigenvalue weighted by molar-refractivity contribution is 7.89. The first-order chi connectivity index (χ1) is 9.75. The average molecular weight is 311 g/mol. The van der Waals surface area contributed by atoms with E-state index in [2.05, 4.69) is 4.72 Å². The third kappa shape index (κ3) is 3.15. The zero-order valence-electron chi connectivity index (χ0n) is 13.5. The lowest BCUT2D eigenvalue weighted by Gasteiger charge is -2.19. The highest BCUT2D eigenvalue weighted by atomic mass is 32.2. The second kappa shape index (κ2) is 6.07. The molecule has 1 aromatic carbocycles. The van der Waals surface area contributed by atoms with Gasteiger partial charge in [0, 0.05) is 13.2 Å². The minimum atomic E-state index is -3.50. The summed E-state index contributed by atoms with van der Waals surface area (Å²) in [6.07, 6.45) is 1.94. The minimum Gasteiger partial charge on any atom is -0.377 e. The number of benzene rings is 1. The van der Waals surface area contributed by atoms with Gasteiger partial charge in [-0.1, -0.05) is 0 Å². The van der Waals surface area contributed by atoms with Crippen molar-refractivity contribution >= 4 is 10.0 Å². The molecule has 1 N–H and O–H groups in total. The zero-order valence-corrected chi connectivity index (χ0v) is 14.4. The third-order valence-corrected chi connectivity index (χ3v) is 6.42. The summed E-state index contributed by atoms with van der Waals surface area (Å²) in [4.78, 5) is 0.432. The Hall–Kier alpha value is -0.910. The first-order valence-corrected chi connectivity index (χ1v) is 8.92. The molecule has 1 unspecified atom stereocenters. The number of hydrogen-bond acceptors (Lipinski definition) is 3. The number of ether oxygens (including phenoxy) is 1. The second-order valence-electron chi connectivity index (χ2n) is 5.94. The van der Waals surface area contributed by atoms with Crippen molar-refractivity contribution in [2.45, 2.75) is 58.5 Å². The van der Waals surface area contributed by atoms with E-state index in [1.54, 1.807) is 0 Å². The van der Waals surface area contributed by atoms with E-state index in [-0.39, 0.29) is 6.10 Å². The van der Waals surface area contributed by atoms with E-state index in [1.807, 2.05) is 34.6 Å². The topological polar surface area (TPSA) is 55.4 Å². The van der Waals surface area contributed by atoms with Crippen LogP contribution in [0.25, 0.3) is 0 Å². The molecule has 1 aliphatic rings. The van der Waals surface area contributed by atoms with Gasteiger partial charge in [0.15, 0.2) is 0 Å². The predicted octanol–water partition coefficient (Wildman–Crippen LogP) is 2.69. The highest BCUT2D eigenvalue weighted by Crippen LogP contribution is 2.29. The largest absolute Gasteiger partial charge is 0.377 e. The van der Waals surface area contributed by atoms with E-state index >= 15 is 0 Å². The zero-order chi connectivity index (χ0) is 15.8. The number of sulfonamides is 1. The molecule has 1 aromatic rings. The van der Waals surface area contributed by atoms with Gasteiger partial charge >= 0.3 is 0 Å². The maximum Gasteiger partial charge on any atom is 0.241 e. The summed E-state index contributed by atoms with van der Waals surface area (Å²) >= 11 is 0. The van der Waals surface area contributed by atoms with Gasteiger partial charge in [-0.05, 0) is 75.3 Å². The summed E-state index contributed by atoms with van der Waals surface area (Å²) in [5.41, 5.74) is 4.96. The van der Waals surface area contributed by atoms with Gasteiger partial charge in [-0.15, -0.1) is 0 Å².